The van der Waals surface area contributed by atoms with Gasteiger partial charge in [-0.15, -0.1) is 22.7 Å². The summed E-state index contributed by atoms with van der Waals surface area (Å²) in [5, 5.41) is 1.91. The van der Waals surface area contributed by atoms with Crippen molar-refractivity contribution in [3.8, 4) is 0 Å². The number of hydrogen-bond acceptors (Lipinski definition) is 15. The minimum atomic E-state index is -3.11. The van der Waals surface area contributed by atoms with E-state index in [1.165, 1.54) is 0 Å². The Kier molecular flexibility index (Phi) is 13.7. The van der Waals surface area contributed by atoms with Gasteiger partial charge in [-0.3, -0.25) is 26.6 Å². The maximum atomic E-state index is 8.67. The van der Waals surface area contributed by atoms with Crippen molar-refractivity contribution in [1.82, 2.24) is 7.43 Å². The molecule has 298 valence electrons. The Morgan fingerprint density at radius 2 is 0.724 bits per heavy atom. The van der Waals surface area contributed by atoms with Crippen molar-refractivity contribution in [2.45, 2.75) is 0 Å². The van der Waals surface area contributed by atoms with Crippen LogP contribution in [0.1, 0.15) is 33.4 Å². The summed E-state index contributed by atoms with van der Waals surface area (Å²) in [7, 11) is 7.77. The summed E-state index contributed by atoms with van der Waals surface area (Å²) in [5.41, 5.74) is 5.66. The molecule has 0 unspecified atom stereocenters. The largest absolute Gasteiger partial charge is 0.784 e. The fourth-order valence-electron chi connectivity index (χ4n) is 6.37. The van der Waals surface area contributed by atoms with Gasteiger partial charge in [-0.1, -0.05) is 97.1 Å². The van der Waals surface area contributed by atoms with Gasteiger partial charge in [0.25, 0.3) is 22.7 Å². The Hall–Kier alpha value is -4.66. The third kappa shape index (κ3) is 9.14. The second-order valence-corrected chi connectivity index (χ2v) is 15.9. The first kappa shape index (κ1) is 42.9. The van der Waals surface area contributed by atoms with Crippen LogP contribution in [0.3, 0.4) is 0 Å². The minimum absolute atomic E-state index is 0.588. The summed E-state index contributed by atoms with van der Waals surface area (Å²) in [6, 6.07) is 32.6. The fraction of sp³-hybridized carbons (Fsp3) is 0. The summed E-state index contributed by atoms with van der Waals surface area (Å²) in [6.45, 7) is 0. The van der Waals surface area contributed by atoms with Crippen molar-refractivity contribution in [3.05, 3.63) is 130 Å². The fourth-order valence-corrected chi connectivity index (χ4v) is 9.31. The molecule has 0 radical (unpaired) electrons. The van der Waals surface area contributed by atoms with Gasteiger partial charge in [0.2, 0.25) is 0 Å². The SMILES string of the molecule is O=S(O)O.O=S(O)O.O=S([O-])[O-].O=S([O-])[O-].[Cl][Al]1[N]2C3=NC(=NC4=NC(=Nc5c6ccccc6c([n]51)N=C1N=C2c2ccccc21)c1ccccc14)c1ccccc13. The zero-order valence-electron chi connectivity index (χ0n) is 28.5. The highest BCUT2D eigenvalue weighted by atomic mass is 35.6. The van der Waals surface area contributed by atoms with E-state index in [0.29, 0.717) is 23.3 Å². The number of hydrogen-bond donors (Lipinski definition) is 4. The van der Waals surface area contributed by atoms with Crippen LogP contribution in [0, 0.1) is 0 Å². The van der Waals surface area contributed by atoms with Gasteiger partial charge >= 0.3 is 13.7 Å². The van der Waals surface area contributed by atoms with E-state index in [9.17, 15) is 0 Å². The predicted octanol–water partition coefficient (Wildman–Crippen LogP) is 3.28. The van der Waals surface area contributed by atoms with Crippen molar-refractivity contribution >= 4 is 127 Å². The lowest BCUT2D eigenvalue weighted by Gasteiger charge is -2.29. The average molecular weight is 899 g/mol. The molecule has 5 aromatic rings. The molecule has 0 aliphatic carbocycles. The van der Waals surface area contributed by atoms with Crippen LogP contribution in [0.15, 0.2) is 127 Å². The molecule has 0 amide bonds. The molecule has 58 heavy (non-hydrogen) atoms. The molecule has 20 nitrogen and oxygen atoms in total. The molecule has 5 aliphatic heterocycles. The van der Waals surface area contributed by atoms with Crippen LogP contribution in [0.2, 0.25) is 0 Å². The maximum Gasteiger partial charge on any atom is 0.722 e. The number of nitrogens with zero attached hydrogens (tertiary/aromatic N) is 8. The molecule has 1 aromatic heterocycles. The lowest BCUT2D eigenvalue weighted by atomic mass is 10.1. The Morgan fingerprint density at radius 1 is 0.466 bits per heavy atom. The summed E-state index contributed by atoms with van der Waals surface area (Å²) in [5.74, 6) is 5.34. The Bertz CT molecular complexity index is 2700. The zero-order chi connectivity index (χ0) is 41.8. The standard InChI is InChI=1S/C32H16N8.Al.ClH.4H2O3S/c1-2-10-18-17(9-1)25-33-26(18)38-28-21-13-5-6-14-22(21)30(35-28)40-32-24-16-8-7-15-23(24)31(36-32)39-29-20-12-4-3-11-19(20)27(34-29)37-25;;;4*1-4(2)3/h1-16H;;1H;4*(H2,1,2,3)/q-2;+3;;;;;/p-5. The van der Waals surface area contributed by atoms with Crippen molar-refractivity contribution in [3.63, 3.8) is 0 Å². The van der Waals surface area contributed by atoms with E-state index in [2.05, 4.69) is 37.8 Å². The number of rotatable bonds is 0. The summed E-state index contributed by atoms with van der Waals surface area (Å²) < 4.78 is 101. The van der Waals surface area contributed by atoms with E-state index < -0.39 is 59.1 Å². The smallest absolute Gasteiger partial charge is 0.722 e. The zero-order valence-corrected chi connectivity index (χ0v) is 33.6. The monoisotopic (exact) mass is 898 g/mol. The van der Waals surface area contributed by atoms with Crippen LogP contribution in [0.25, 0.3) is 10.8 Å². The molecule has 5 aliphatic rings. The number of aliphatic imine (C=N–C) groups is 6. The molecule has 10 rings (SSSR count). The van der Waals surface area contributed by atoms with E-state index in [1.807, 2.05) is 66.7 Å². The summed E-state index contributed by atoms with van der Waals surface area (Å²) in [4.78, 5) is 30.8. The summed E-state index contributed by atoms with van der Waals surface area (Å²) in [6.07, 6.45) is 0. The third-order valence-electron chi connectivity index (χ3n) is 8.25. The molecule has 0 saturated heterocycles. The Labute approximate surface area is 345 Å². The molecule has 0 saturated carbocycles. The molecule has 26 heteroatoms. The minimum Gasteiger partial charge on any atom is -0.784 e. The van der Waals surface area contributed by atoms with E-state index in [0.717, 1.165) is 67.5 Å². The van der Waals surface area contributed by atoms with E-state index in [4.69, 9.17) is 93.3 Å². The van der Waals surface area contributed by atoms with Crippen molar-refractivity contribution in [1.29, 1.82) is 0 Å². The van der Waals surface area contributed by atoms with Gasteiger partial charge in [0.1, 0.15) is 23.3 Å². The van der Waals surface area contributed by atoms with Gasteiger partial charge in [0.05, 0.1) is 0 Å². The van der Waals surface area contributed by atoms with Gasteiger partial charge in [-0.25, -0.2) is 30.0 Å². The Morgan fingerprint density at radius 3 is 1.09 bits per heavy atom. The third-order valence-corrected chi connectivity index (χ3v) is 11.2. The van der Waals surface area contributed by atoms with Crippen LogP contribution in [0.5, 0.6) is 0 Å². The van der Waals surface area contributed by atoms with Crippen molar-refractivity contribution < 1.29 is 53.3 Å². The highest BCUT2D eigenvalue weighted by Gasteiger charge is 2.46. The average Bonchev–Trinajstić information content (AvgIpc) is 3.89. The first-order valence-corrected chi connectivity index (χ1v) is 22.6. The number of fused-ring (bicyclic) bond motifs is 18. The molecule has 0 atom stereocenters. The molecular formula is C32H20AlClN8O12S4-4. The lowest BCUT2D eigenvalue weighted by Crippen LogP contribution is -2.49. The van der Waals surface area contributed by atoms with Gasteiger partial charge in [0.15, 0.2) is 23.3 Å². The van der Waals surface area contributed by atoms with Gasteiger partial charge in [-0.05, 0) is 0 Å². The van der Waals surface area contributed by atoms with Crippen molar-refractivity contribution in [2.24, 2.45) is 30.0 Å². The predicted molar refractivity (Wildman–Crippen MR) is 215 cm³/mol. The first-order chi connectivity index (χ1) is 27.7. The molecule has 4 aromatic carbocycles. The topological polar surface area (TPSA) is 324 Å². The quantitative estimate of drug-likeness (QED) is 0.128. The molecular weight excluding hydrogens is 879 g/mol. The number of aromatic nitrogens is 1. The molecule has 8 bridgehead atoms. The molecule has 0 spiro atoms. The maximum absolute atomic E-state index is 8.67. The first-order valence-electron chi connectivity index (χ1n) is 15.7. The summed E-state index contributed by atoms with van der Waals surface area (Å²) >= 11 is -14.2. The highest BCUT2D eigenvalue weighted by Crippen LogP contribution is 2.43. The van der Waals surface area contributed by atoms with Gasteiger partial charge < -0.3 is 25.6 Å². The number of amidine groups is 6. The van der Waals surface area contributed by atoms with Crippen LogP contribution < -0.4 is 0 Å². The van der Waals surface area contributed by atoms with Crippen LogP contribution >= 0.6 is 10.0 Å². The van der Waals surface area contributed by atoms with Crippen LogP contribution in [-0.2, 0) is 45.4 Å². The highest BCUT2D eigenvalue weighted by molar-refractivity contribution is 7.73. The van der Waals surface area contributed by atoms with Gasteiger partial charge in [0, 0.05) is 44.2 Å². The van der Waals surface area contributed by atoms with E-state index >= 15 is 0 Å². The number of halogens is 1. The normalized spacial score (nSPS) is 14.7. The number of benzene rings is 4. The van der Waals surface area contributed by atoms with Crippen molar-refractivity contribution in [2.75, 3.05) is 0 Å². The van der Waals surface area contributed by atoms with Gasteiger partial charge in [-0.2, -0.15) is 18.5 Å². The second-order valence-electron chi connectivity index (χ2n) is 11.4. The second kappa shape index (κ2) is 18.5. The molecule has 4 N–H and O–H groups in total. The van der Waals surface area contributed by atoms with E-state index in [1.54, 1.807) is 0 Å². The molecule has 0 fully saturated rings. The molecule has 6 heterocycles. The van der Waals surface area contributed by atoms with Crippen LogP contribution in [-0.4, -0.2) is 109 Å². The lowest BCUT2D eigenvalue weighted by molar-refractivity contribution is 0.417. The van der Waals surface area contributed by atoms with E-state index in [-0.39, 0.29) is 0 Å². The van der Waals surface area contributed by atoms with Crippen LogP contribution in [0.4, 0.5) is 11.6 Å². The Balaban J connectivity index is 0.000000307.